The Balaban J connectivity index is 1.99. The van der Waals surface area contributed by atoms with E-state index in [2.05, 4.69) is 40.1 Å². The van der Waals surface area contributed by atoms with Crippen molar-refractivity contribution in [3.05, 3.63) is 40.2 Å². The fourth-order valence-corrected chi connectivity index (χ4v) is 3.10. The molecule has 0 radical (unpaired) electrons. The number of thioether (sulfide) groups is 1. The van der Waals surface area contributed by atoms with Crippen LogP contribution in [-0.4, -0.2) is 34.7 Å². The molecule has 1 aromatic heterocycles. The van der Waals surface area contributed by atoms with Gasteiger partial charge in [-0.25, -0.2) is 4.98 Å². The van der Waals surface area contributed by atoms with Gasteiger partial charge >= 0.3 is 0 Å². The molecule has 2 rings (SSSR count). The minimum Gasteiger partial charge on any atom is -0.383 e. The largest absolute Gasteiger partial charge is 0.383 e. The number of aryl methyl sites for hydroxylation is 1. The highest BCUT2D eigenvalue weighted by molar-refractivity contribution is 7.99. The zero-order chi connectivity index (χ0) is 18.4. The van der Waals surface area contributed by atoms with Crippen LogP contribution in [-0.2, 0) is 4.79 Å². The molecule has 0 bridgehead atoms. The van der Waals surface area contributed by atoms with E-state index in [-0.39, 0.29) is 23.0 Å². The number of carbonyl (C=O) groups is 1. The molecule has 8 heteroatoms. The van der Waals surface area contributed by atoms with Gasteiger partial charge in [0.2, 0.25) is 5.91 Å². The van der Waals surface area contributed by atoms with Gasteiger partial charge in [0.1, 0.15) is 5.82 Å². The van der Waals surface area contributed by atoms with E-state index in [0.717, 1.165) is 41.8 Å². The van der Waals surface area contributed by atoms with Gasteiger partial charge < -0.3 is 20.9 Å². The number of benzene rings is 1. The smallest absolute Gasteiger partial charge is 0.253 e. The Hall–Kier alpha value is -2.48. The number of nitrogens with one attached hydrogen (secondary N) is 2. The Kier molecular flexibility index (Phi) is 6.46. The van der Waals surface area contributed by atoms with Gasteiger partial charge in [0, 0.05) is 30.5 Å². The Labute approximate surface area is 151 Å². The average Bonchev–Trinajstić information content (AvgIpc) is 2.55. The number of aromatic amines is 1. The Morgan fingerprint density at radius 3 is 2.64 bits per heavy atom. The third-order valence-corrected chi connectivity index (χ3v) is 4.57. The molecule has 4 N–H and O–H groups in total. The SMILES string of the molecule is CCN(CC)c1ccc(NC(=O)CSc2nc(N)cc(=O)[nH]2)c(C)c1. The highest BCUT2D eigenvalue weighted by Crippen LogP contribution is 2.23. The molecule has 0 aliphatic carbocycles. The first-order valence-electron chi connectivity index (χ1n) is 8.08. The number of nitrogens with zero attached hydrogens (tertiary/aromatic N) is 2. The monoisotopic (exact) mass is 361 g/mol. The molecule has 0 fully saturated rings. The van der Waals surface area contributed by atoms with E-state index in [1.165, 1.54) is 6.07 Å². The van der Waals surface area contributed by atoms with E-state index in [1.807, 2.05) is 19.1 Å². The van der Waals surface area contributed by atoms with Crippen LogP contribution >= 0.6 is 11.8 Å². The molecular weight excluding hydrogens is 338 g/mol. The molecule has 1 amide bonds. The van der Waals surface area contributed by atoms with Crippen molar-refractivity contribution in [2.24, 2.45) is 0 Å². The molecular formula is C17H23N5O2S. The second kappa shape index (κ2) is 8.57. The lowest BCUT2D eigenvalue weighted by molar-refractivity contribution is -0.113. The van der Waals surface area contributed by atoms with Crippen LogP contribution in [0.2, 0.25) is 0 Å². The van der Waals surface area contributed by atoms with Gasteiger partial charge in [0.25, 0.3) is 5.56 Å². The van der Waals surface area contributed by atoms with Crippen molar-refractivity contribution in [2.75, 3.05) is 34.8 Å². The van der Waals surface area contributed by atoms with E-state index in [0.29, 0.717) is 5.16 Å². The lowest BCUT2D eigenvalue weighted by Crippen LogP contribution is -2.22. The summed E-state index contributed by atoms with van der Waals surface area (Å²) in [5.74, 6) is 0.0899. The van der Waals surface area contributed by atoms with Crippen LogP contribution < -0.4 is 21.5 Å². The summed E-state index contributed by atoms with van der Waals surface area (Å²) in [6.07, 6.45) is 0. The van der Waals surface area contributed by atoms with Gasteiger partial charge in [0.05, 0.1) is 5.75 Å². The molecule has 0 saturated carbocycles. The quantitative estimate of drug-likeness (QED) is 0.516. The Morgan fingerprint density at radius 1 is 1.32 bits per heavy atom. The number of hydrogen-bond donors (Lipinski definition) is 3. The number of nitrogen functional groups attached to an aromatic ring is 1. The molecule has 134 valence electrons. The topological polar surface area (TPSA) is 104 Å². The van der Waals surface area contributed by atoms with Gasteiger partial charge in [-0.1, -0.05) is 11.8 Å². The molecule has 7 nitrogen and oxygen atoms in total. The van der Waals surface area contributed by atoms with Crippen LogP contribution in [0, 0.1) is 6.92 Å². The number of amides is 1. The number of hydrogen-bond acceptors (Lipinski definition) is 6. The normalized spacial score (nSPS) is 10.5. The maximum Gasteiger partial charge on any atom is 0.253 e. The zero-order valence-electron chi connectivity index (χ0n) is 14.6. The molecule has 1 heterocycles. The van der Waals surface area contributed by atoms with Gasteiger partial charge in [-0.15, -0.1) is 0 Å². The summed E-state index contributed by atoms with van der Waals surface area (Å²) in [7, 11) is 0. The van der Waals surface area contributed by atoms with Crippen molar-refractivity contribution < 1.29 is 4.79 Å². The highest BCUT2D eigenvalue weighted by atomic mass is 32.2. The van der Waals surface area contributed by atoms with Crippen molar-refractivity contribution in [3.63, 3.8) is 0 Å². The van der Waals surface area contributed by atoms with Gasteiger partial charge in [-0.3, -0.25) is 9.59 Å². The molecule has 25 heavy (non-hydrogen) atoms. The second-order valence-corrected chi connectivity index (χ2v) is 6.45. The van der Waals surface area contributed by atoms with E-state index in [1.54, 1.807) is 0 Å². The van der Waals surface area contributed by atoms with Crippen molar-refractivity contribution in [1.82, 2.24) is 9.97 Å². The second-order valence-electron chi connectivity index (χ2n) is 5.48. The maximum atomic E-state index is 12.1. The molecule has 0 saturated heterocycles. The van der Waals surface area contributed by atoms with Crippen molar-refractivity contribution in [3.8, 4) is 0 Å². The molecule has 0 spiro atoms. The predicted octanol–water partition coefficient (Wildman–Crippen LogP) is 2.24. The standard InChI is InChI=1S/C17H23N5O2S/c1-4-22(5-2)12-6-7-13(11(3)8-12)19-16(24)10-25-17-20-14(18)9-15(23)21-17/h6-9H,4-5,10H2,1-3H3,(H,19,24)(H3,18,20,21,23). The minimum atomic E-state index is -0.335. The first-order valence-corrected chi connectivity index (χ1v) is 9.06. The van der Waals surface area contributed by atoms with Crippen LogP contribution in [0.5, 0.6) is 0 Å². The van der Waals surface area contributed by atoms with E-state index < -0.39 is 0 Å². The summed E-state index contributed by atoms with van der Waals surface area (Å²) in [4.78, 5) is 32.2. The summed E-state index contributed by atoms with van der Waals surface area (Å²) in [6, 6.07) is 7.17. The van der Waals surface area contributed by atoms with Gasteiger partial charge in [-0.2, -0.15) is 0 Å². The summed E-state index contributed by atoms with van der Waals surface area (Å²) < 4.78 is 0. The number of rotatable bonds is 7. The third-order valence-electron chi connectivity index (χ3n) is 3.69. The van der Waals surface area contributed by atoms with Crippen LogP contribution in [0.25, 0.3) is 0 Å². The highest BCUT2D eigenvalue weighted by Gasteiger charge is 2.09. The average molecular weight is 361 g/mol. The summed E-state index contributed by atoms with van der Waals surface area (Å²) in [6.45, 7) is 8.06. The first-order chi connectivity index (χ1) is 11.9. The first kappa shape index (κ1) is 18.9. The maximum absolute atomic E-state index is 12.1. The fraction of sp³-hybridized carbons (Fsp3) is 0.353. The third kappa shape index (κ3) is 5.25. The number of anilines is 3. The number of aromatic nitrogens is 2. The van der Waals surface area contributed by atoms with Crippen LogP contribution in [0.1, 0.15) is 19.4 Å². The Bertz CT molecular complexity index is 802. The molecule has 0 unspecified atom stereocenters. The summed E-state index contributed by atoms with van der Waals surface area (Å²) in [5, 5.41) is 3.21. The van der Waals surface area contributed by atoms with Gasteiger partial charge in [0.15, 0.2) is 5.16 Å². The van der Waals surface area contributed by atoms with E-state index in [4.69, 9.17) is 5.73 Å². The molecule has 2 aromatic rings. The molecule has 0 aliphatic rings. The molecule has 0 aliphatic heterocycles. The van der Waals surface area contributed by atoms with Crippen LogP contribution in [0.15, 0.2) is 34.2 Å². The zero-order valence-corrected chi connectivity index (χ0v) is 15.4. The van der Waals surface area contributed by atoms with E-state index in [9.17, 15) is 9.59 Å². The lowest BCUT2D eigenvalue weighted by atomic mass is 10.1. The summed E-state index contributed by atoms with van der Waals surface area (Å²) in [5.41, 5.74) is 8.09. The van der Waals surface area contributed by atoms with Crippen LogP contribution in [0.4, 0.5) is 17.2 Å². The van der Waals surface area contributed by atoms with E-state index >= 15 is 0 Å². The molecule has 1 aromatic carbocycles. The van der Waals surface area contributed by atoms with Crippen molar-refractivity contribution in [2.45, 2.75) is 25.9 Å². The number of nitrogens with two attached hydrogens (primary N) is 1. The van der Waals surface area contributed by atoms with Crippen LogP contribution in [0.3, 0.4) is 0 Å². The molecule has 0 atom stereocenters. The van der Waals surface area contributed by atoms with Crippen molar-refractivity contribution >= 4 is 34.9 Å². The number of carbonyl (C=O) groups excluding carboxylic acids is 1. The van der Waals surface area contributed by atoms with Gasteiger partial charge in [-0.05, 0) is 44.5 Å². The summed E-state index contributed by atoms with van der Waals surface area (Å²) >= 11 is 1.13. The minimum absolute atomic E-state index is 0.129. The van der Waals surface area contributed by atoms with Crippen molar-refractivity contribution in [1.29, 1.82) is 0 Å². The predicted molar refractivity (Wildman–Crippen MR) is 103 cm³/mol. The Morgan fingerprint density at radius 2 is 2.04 bits per heavy atom. The number of H-pyrrole nitrogens is 1. The fourth-order valence-electron chi connectivity index (χ4n) is 2.42. The lowest BCUT2D eigenvalue weighted by Gasteiger charge is -2.22.